The van der Waals surface area contributed by atoms with Crippen LogP contribution in [-0.4, -0.2) is 6.54 Å². The van der Waals surface area contributed by atoms with Crippen LogP contribution in [-0.2, 0) is 0 Å². The van der Waals surface area contributed by atoms with Gasteiger partial charge in [-0.15, -0.1) is 0 Å². The van der Waals surface area contributed by atoms with E-state index in [1.54, 1.807) is 0 Å². The average Bonchev–Trinajstić information content (AvgIpc) is 2.96. The Morgan fingerprint density at radius 2 is 1.81 bits per heavy atom. The lowest BCUT2D eigenvalue weighted by atomic mass is 9.99. The summed E-state index contributed by atoms with van der Waals surface area (Å²) in [7, 11) is 0. The van der Waals surface area contributed by atoms with Crippen LogP contribution in [0.15, 0.2) is 59.0 Å². The van der Waals surface area contributed by atoms with Crippen LogP contribution in [0.2, 0.25) is 0 Å². The number of nitrogens with one attached hydrogen (secondary N) is 1. The van der Waals surface area contributed by atoms with E-state index in [-0.39, 0.29) is 0 Å². The van der Waals surface area contributed by atoms with Crippen LogP contribution < -0.4 is 5.32 Å². The van der Waals surface area contributed by atoms with Crippen LogP contribution in [0.3, 0.4) is 0 Å². The molecule has 0 aliphatic rings. The number of furan rings is 1. The molecule has 0 aliphatic heterocycles. The number of hydrogen-bond donors (Lipinski definition) is 1. The van der Waals surface area contributed by atoms with Crippen molar-refractivity contribution in [3.8, 4) is 11.3 Å². The van der Waals surface area contributed by atoms with E-state index in [1.807, 2.05) is 18.2 Å². The van der Waals surface area contributed by atoms with Crippen molar-refractivity contribution in [2.45, 2.75) is 26.3 Å². The minimum atomic E-state index is 0.314. The first-order chi connectivity index (χ1) is 10.3. The quantitative estimate of drug-likeness (QED) is 0.697. The van der Waals surface area contributed by atoms with Gasteiger partial charge in [0.2, 0.25) is 0 Å². The van der Waals surface area contributed by atoms with E-state index in [9.17, 15) is 0 Å². The molecule has 0 fully saturated rings. The van der Waals surface area contributed by atoms with E-state index in [0.29, 0.717) is 6.04 Å². The molecule has 1 N–H and O–H groups in total. The molecule has 3 rings (SSSR count). The number of rotatable bonds is 5. The van der Waals surface area contributed by atoms with Gasteiger partial charge in [-0.25, -0.2) is 0 Å². The number of hydrogen-bond acceptors (Lipinski definition) is 2. The molecule has 0 saturated carbocycles. The fraction of sp³-hybridized carbons (Fsp3) is 0.263. The Labute approximate surface area is 125 Å². The molecule has 108 valence electrons. The van der Waals surface area contributed by atoms with Crippen molar-refractivity contribution in [1.82, 2.24) is 5.32 Å². The Bertz CT molecular complexity index is 696. The van der Waals surface area contributed by atoms with E-state index in [1.165, 1.54) is 11.1 Å². The highest BCUT2D eigenvalue weighted by atomic mass is 16.3. The van der Waals surface area contributed by atoms with Crippen molar-refractivity contribution in [1.29, 1.82) is 0 Å². The molecule has 1 atom stereocenters. The van der Waals surface area contributed by atoms with Gasteiger partial charge in [0.25, 0.3) is 0 Å². The van der Waals surface area contributed by atoms with Gasteiger partial charge in [0.15, 0.2) is 0 Å². The van der Waals surface area contributed by atoms with Gasteiger partial charge in [0.05, 0.1) is 0 Å². The summed E-state index contributed by atoms with van der Waals surface area (Å²) in [5.41, 5.74) is 3.39. The van der Waals surface area contributed by atoms with Crippen LogP contribution in [0.4, 0.5) is 0 Å². The van der Waals surface area contributed by atoms with E-state index < -0.39 is 0 Å². The molecule has 2 aromatic carbocycles. The average molecular weight is 279 g/mol. The third-order valence-corrected chi connectivity index (χ3v) is 3.82. The summed E-state index contributed by atoms with van der Waals surface area (Å²) in [6.07, 6.45) is 1.14. The molecule has 2 heteroatoms. The Kier molecular flexibility index (Phi) is 4.07. The maximum absolute atomic E-state index is 6.02. The molecule has 0 radical (unpaired) electrons. The summed E-state index contributed by atoms with van der Waals surface area (Å²) in [6, 6.07) is 19.1. The zero-order valence-electron chi connectivity index (χ0n) is 12.6. The zero-order chi connectivity index (χ0) is 14.7. The second-order valence-corrected chi connectivity index (χ2v) is 5.41. The van der Waals surface area contributed by atoms with E-state index in [4.69, 9.17) is 4.42 Å². The van der Waals surface area contributed by atoms with Gasteiger partial charge in [-0.3, -0.25) is 0 Å². The first-order valence-corrected chi connectivity index (χ1v) is 7.61. The van der Waals surface area contributed by atoms with Crippen molar-refractivity contribution in [2.75, 3.05) is 6.54 Å². The maximum atomic E-state index is 6.02. The molecule has 3 aromatic rings. The highest BCUT2D eigenvalue weighted by Gasteiger charge is 2.14. The van der Waals surface area contributed by atoms with Crippen molar-refractivity contribution >= 4 is 11.0 Å². The van der Waals surface area contributed by atoms with Crippen molar-refractivity contribution < 1.29 is 4.42 Å². The second-order valence-electron chi connectivity index (χ2n) is 5.41. The Hall–Kier alpha value is -2.06. The van der Waals surface area contributed by atoms with Crippen LogP contribution >= 0.6 is 0 Å². The lowest BCUT2D eigenvalue weighted by Gasteiger charge is -2.16. The monoisotopic (exact) mass is 279 g/mol. The zero-order valence-corrected chi connectivity index (χ0v) is 12.6. The molecule has 0 spiro atoms. The molecular formula is C19H21NO. The smallest absolute Gasteiger partial charge is 0.135 e. The predicted octanol–water partition coefficient (Wildman–Crippen LogP) is 5.16. The molecule has 2 nitrogen and oxygen atoms in total. The van der Waals surface area contributed by atoms with Crippen LogP contribution in [0.1, 0.15) is 31.9 Å². The van der Waals surface area contributed by atoms with Crippen molar-refractivity contribution in [3.63, 3.8) is 0 Å². The third kappa shape index (κ3) is 2.86. The fourth-order valence-corrected chi connectivity index (χ4v) is 2.68. The molecule has 0 bridgehead atoms. The topological polar surface area (TPSA) is 25.2 Å². The normalized spacial score (nSPS) is 12.7. The first kappa shape index (κ1) is 13.9. The summed E-state index contributed by atoms with van der Waals surface area (Å²) in [5.74, 6) is 0.942. The summed E-state index contributed by atoms with van der Waals surface area (Å²) >= 11 is 0. The highest BCUT2D eigenvalue weighted by Crippen LogP contribution is 2.32. The summed E-state index contributed by atoms with van der Waals surface area (Å²) in [6.45, 7) is 5.41. The lowest BCUT2D eigenvalue weighted by Crippen LogP contribution is -2.19. The minimum absolute atomic E-state index is 0.314. The second kappa shape index (κ2) is 6.15. The SMILES string of the molecule is CCCNC(C)c1ccccc1-c1cc2ccccc2o1. The maximum Gasteiger partial charge on any atom is 0.135 e. The Balaban J connectivity index is 2.01. The van der Waals surface area contributed by atoms with Gasteiger partial charge in [0.1, 0.15) is 11.3 Å². The van der Waals surface area contributed by atoms with Crippen molar-refractivity contribution in [2.24, 2.45) is 0 Å². The van der Waals surface area contributed by atoms with E-state index >= 15 is 0 Å². The molecule has 0 saturated heterocycles. The Morgan fingerprint density at radius 1 is 1.05 bits per heavy atom. The highest BCUT2D eigenvalue weighted by molar-refractivity contribution is 5.83. The van der Waals surface area contributed by atoms with Crippen molar-refractivity contribution in [3.05, 3.63) is 60.2 Å². The first-order valence-electron chi connectivity index (χ1n) is 7.61. The largest absolute Gasteiger partial charge is 0.456 e. The molecule has 1 aromatic heterocycles. The lowest BCUT2D eigenvalue weighted by molar-refractivity contribution is 0.568. The van der Waals surface area contributed by atoms with Crippen LogP contribution in [0, 0.1) is 0 Å². The van der Waals surface area contributed by atoms with Gasteiger partial charge in [-0.1, -0.05) is 49.4 Å². The number of para-hydroxylation sites is 1. The molecule has 1 unspecified atom stereocenters. The van der Waals surface area contributed by atoms with Crippen LogP contribution in [0.5, 0.6) is 0 Å². The van der Waals surface area contributed by atoms with Gasteiger partial charge in [0, 0.05) is 17.0 Å². The predicted molar refractivity (Wildman–Crippen MR) is 88.4 cm³/mol. The molecular weight excluding hydrogens is 258 g/mol. The van der Waals surface area contributed by atoms with Gasteiger partial charge in [-0.2, -0.15) is 0 Å². The van der Waals surface area contributed by atoms with E-state index in [0.717, 1.165) is 29.7 Å². The third-order valence-electron chi connectivity index (χ3n) is 3.82. The van der Waals surface area contributed by atoms with Gasteiger partial charge in [-0.05, 0) is 37.6 Å². The fourth-order valence-electron chi connectivity index (χ4n) is 2.68. The standard InChI is InChI=1S/C19H21NO/c1-3-12-20-14(2)16-9-5-6-10-17(16)19-13-15-8-4-7-11-18(15)21-19/h4-11,13-14,20H,3,12H2,1-2H3. The summed E-state index contributed by atoms with van der Waals surface area (Å²) in [5, 5.41) is 4.70. The summed E-state index contributed by atoms with van der Waals surface area (Å²) < 4.78 is 6.02. The summed E-state index contributed by atoms with van der Waals surface area (Å²) in [4.78, 5) is 0. The molecule has 1 heterocycles. The van der Waals surface area contributed by atoms with Crippen LogP contribution in [0.25, 0.3) is 22.3 Å². The van der Waals surface area contributed by atoms with Gasteiger partial charge >= 0.3 is 0 Å². The number of fused-ring (bicyclic) bond motifs is 1. The molecule has 21 heavy (non-hydrogen) atoms. The molecule has 0 aliphatic carbocycles. The number of benzene rings is 2. The van der Waals surface area contributed by atoms with E-state index in [2.05, 4.69) is 55.6 Å². The van der Waals surface area contributed by atoms with Gasteiger partial charge < -0.3 is 9.73 Å². The molecule has 0 amide bonds. The Morgan fingerprint density at radius 3 is 2.62 bits per heavy atom. The minimum Gasteiger partial charge on any atom is -0.456 e.